The summed E-state index contributed by atoms with van der Waals surface area (Å²) in [5, 5.41) is 19.2. The second-order valence-electron chi connectivity index (χ2n) is 7.46. The first-order chi connectivity index (χ1) is 16.1. The first kappa shape index (κ1) is 20.2. The van der Waals surface area contributed by atoms with Gasteiger partial charge in [0.1, 0.15) is 17.8 Å². The molecular weight excluding hydrogens is 418 g/mol. The Morgan fingerprint density at radius 3 is 2.91 bits per heavy atom. The van der Waals surface area contributed by atoms with E-state index in [0.717, 1.165) is 16.7 Å². The fourth-order valence-electron chi connectivity index (χ4n) is 4.02. The summed E-state index contributed by atoms with van der Waals surface area (Å²) < 4.78 is 6.18. The molecule has 1 aromatic heterocycles. The van der Waals surface area contributed by atoms with Crippen LogP contribution in [0.3, 0.4) is 0 Å². The van der Waals surface area contributed by atoms with Crippen molar-refractivity contribution < 1.29 is 9.53 Å². The topological polar surface area (TPSA) is 132 Å². The van der Waals surface area contributed by atoms with Gasteiger partial charge in [0.05, 0.1) is 35.0 Å². The lowest BCUT2D eigenvalue weighted by atomic mass is 9.82. The summed E-state index contributed by atoms with van der Waals surface area (Å²) in [7, 11) is 0. The van der Waals surface area contributed by atoms with Gasteiger partial charge in [-0.1, -0.05) is 30.8 Å². The molecule has 3 aliphatic rings. The predicted molar refractivity (Wildman–Crippen MR) is 122 cm³/mol. The van der Waals surface area contributed by atoms with Gasteiger partial charge in [-0.05, 0) is 29.8 Å². The Kier molecular flexibility index (Phi) is 4.97. The number of aromatic amines is 1. The Balaban J connectivity index is 1.58. The van der Waals surface area contributed by atoms with E-state index in [1.807, 2.05) is 23.1 Å². The average Bonchev–Trinajstić information content (AvgIpc) is 3.38. The van der Waals surface area contributed by atoms with E-state index in [0.29, 0.717) is 28.7 Å². The lowest BCUT2D eigenvalue weighted by Gasteiger charge is -2.53. The third kappa shape index (κ3) is 3.44. The van der Waals surface area contributed by atoms with E-state index in [-0.39, 0.29) is 11.9 Å². The van der Waals surface area contributed by atoms with Gasteiger partial charge in [0, 0.05) is 18.0 Å². The molecular formula is C24H19N7O2. The normalized spacial score (nSPS) is 18.7. The smallest absolute Gasteiger partial charge is 0.247 e. The third-order valence-corrected chi connectivity index (χ3v) is 5.52. The zero-order valence-electron chi connectivity index (χ0n) is 17.4. The number of amides is 1. The number of anilines is 1. The van der Waals surface area contributed by atoms with E-state index >= 15 is 0 Å². The van der Waals surface area contributed by atoms with Gasteiger partial charge in [0.2, 0.25) is 11.8 Å². The molecule has 6 rings (SSSR count). The van der Waals surface area contributed by atoms with Crippen molar-refractivity contribution in [3.05, 3.63) is 102 Å². The highest BCUT2D eigenvalue weighted by Gasteiger charge is 2.51. The van der Waals surface area contributed by atoms with Crippen LogP contribution in [0.1, 0.15) is 22.7 Å². The molecule has 9 nitrogen and oxygen atoms in total. The minimum Gasteiger partial charge on any atom is -0.439 e. The highest BCUT2D eigenvalue weighted by atomic mass is 16.5. The van der Waals surface area contributed by atoms with Crippen LogP contribution in [0.2, 0.25) is 0 Å². The molecule has 4 N–H and O–H groups in total. The number of amidine groups is 1. The summed E-state index contributed by atoms with van der Waals surface area (Å²) in [5.41, 5.74) is 9.98. The van der Waals surface area contributed by atoms with Crippen LogP contribution in [-0.2, 0) is 4.79 Å². The van der Waals surface area contributed by atoms with Gasteiger partial charge in [-0.2, -0.15) is 15.4 Å². The van der Waals surface area contributed by atoms with Crippen LogP contribution in [0.15, 0.2) is 90.0 Å². The Morgan fingerprint density at radius 1 is 1.30 bits per heavy atom. The molecule has 2 aromatic carbocycles. The van der Waals surface area contributed by atoms with Gasteiger partial charge in [-0.15, -0.1) is 0 Å². The standard InChI is InChI=1S/C24H19N7O2/c1-2-19(32)29-16-7-5-8-17(10-16)33-24-20-21(18-9-4-3-6-14(18)11-25)31(22(20)26)23(30-24)15-12-27-28-13-15/h2-10,12-13,21-22H,1,26H2,(H,27,28)(H,29,32). The highest BCUT2D eigenvalue weighted by Crippen LogP contribution is 2.49. The molecule has 1 fully saturated rings. The molecule has 2 bridgehead atoms. The van der Waals surface area contributed by atoms with Crippen molar-refractivity contribution in [1.82, 2.24) is 15.1 Å². The number of benzene rings is 2. The van der Waals surface area contributed by atoms with Gasteiger partial charge in [0.15, 0.2) is 0 Å². The van der Waals surface area contributed by atoms with E-state index in [1.165, 1.54) is 6.08 Å². The number of carbonyl (C=O) groups is 1. The summed E-state index contributed by atoms with van der Waals surface area (Å²) in [6.45, 7) is 3.46. The van der Waals surface area contributed by atoms with Crippen molar-refractivity contribution in [2.75, 3.05) is 5.32 Å². The molecule has 1 amide bonds. The Labute approximate surface area is 189 Å². The number of aliphatic imine (C=N–C) groups is 1. The number of fused-ring (bicyclic) bond motifs is 1. The number of nitrogens with one attached hydrogen (secondary N) is 2. The third-order valence-electron chi connectivity index (χ3n) is 5.52. The van der Waals surface area contributed by atoms with E-state index in [1.54, 1.807) is 42.7 Å². The average molecular weight is 437 g/mol. The Bertz CT molecular complexity index is 1350. The molecule has 1 saturated heterocycles. The molecule has 0 spiro atoms. The largest absolute Gasteiger partial charge is 0.439 e. The van der Waals surface area contributed by atoms with Crippen molar-refractivity contribution >= 4 is 17.4 Å². The van der Waals surface area contributed by atoms with Crippen molar-refractivity contribution in [1.29, 1.82) is 5.26 Å². The van der Waals surface area contributed by atoms with Crippen LogP contribution in [-0.4, -0.2) is 33.0 Å². The van der Waals surface area contributed by atoms with Crippen molar-refractivity contribution in [3.63, 3.8) is 0 Å². The van der Waals surface area contributed by atoms with Crippen LogP contribution in [0.25, 0.3) is 0 Å². The molecule has 2 unspecified atom stereocenters. The summed E-state index contributed by atoms with van der Waals surface area (Å²) in [6, 6.07) is 16.3. The quantitative estimate of drug-likeness (QED) is 0.508. The first-order valence-electron chi connectivity index (χ1n) is 10.2. The number of aromatic nitrogens is 2. The van der Waals surface area contributed by atoms with Crippen LogP contribution in [0.5, 0.6) is 5.75 Å². The minimum absolute atomic E-state index is 0.295. The fourth-order valence-corrected chi connectivity index (χ4v) is 4.02. The Morgan fingerprint density at radius 2 is 2.15 bits per heavy atom. The van der Waals surface area contributed by atoms with Crippen molar-refractivity contribution in [3.8, 4) is 11.8 Å². The van der Waals surface area contributed by atoms with E-state index < -0.39 is 6.17 Å². The lowest BCUT2D eigenvalue weighted by Crippen LogP contribution is -2.63. The minimum atomic E-state index is -0.470. The number of H-pyrrole nitrogens is 1. The Hall–Kier alpha value is -4.68. The van der Waals surface area contributed by atoms with Gasteiger partial charge < -0.3 is 20.7 Å². The van der Waals surface area contributed by atoms with Crippen LogP contribution in [0.4, 0.5) is 5.69 Å². The summed E-state index contributed by atoms with van der Waals surface area (Å²) in [6.07, 6.45) is 4.11. The molecule has 0 radical (unpaired) electrons. The number of ether oxygens (including phenoxy) is 1. The van der Waals surface area contributed by atoms with Gasteiger partial charge in [-0.3, -0.25) is 9.89 Å². The molecule has 0 saturated carbocycles. The molecule has 33 heavy (non-hydrogen) atoms. The number of nitrogens with zero attached hydrogens (tertiary/aromatic N) is 4. The fraction of sp³-hybridized carbons (Fsp3) is 0.0833. The van der Waals surface area contributed by atoms with Gasteiger partial charge in [0.25, 0.3) is 0 Å². The molecule has 0 aliphatic carbocycles. The maximum absolute atomic E-state index is 11.7. The zero-order chi connectivity index (χ0) is 22.9. The van der Waals surface area contributed by atoms with Gasteiger partial charge >= 0.3 is 0 Å². The molecule has 9 heteroatoms. The lowest BCUT2D eigenvalue weighted by molar-refractivity contribution is -0.111. The monoisotopic (exact) mass is 437 g/mol. The first-order valence-corrected chi connectivity index (χ1v) is 10.2. The molecule has 3 aromatic rings. The second kappa shape index (κ2) is 8.11. The van der Waals surface area contributed by atoms with E-state index in [2.05, 4.69) is 28.2 Å². The molecule has 162 valence electrons. The summed E-state index contributed by atoms with van der Waals surface area (Å²) >= 11 is 0. The number of hydrogen-bond donors (Lipinski definition) is 3. The zero-order valence-corrected chi connectivity index (χ0v) is 17.4. The molecule has 2 atom stereocenters. The van der Waals surface area contributed by atoms with Crippen molar-refractivity contribution in [2.45, 2.75) is 12.2 Å². The number of carbonyl (C=O) groups excluding carboxylic acids is 1. The maximum Gasteiger partial charge on any atom is 0.247 e. The van der Waals surface area contributed by atoms with Gasteiger partial charge in [-0.25, -0.2) is 0 Å². The molecule has 3 aliphatic heterocycles. The van der Waals surface area contributed by atoms with Crippen LogP contribution < -0.4 is 15.8 Å². The van der Waals surface area contributed by atoms with Crippen LogP contribution >= 0.6 is 0 Å². The number of hydrogen-bond acceptors (Lipinski definition) is 7. The maximum atomic E-state index is 11.7. The van der Waals surface area contributed by atoms with E-state index in [9.17, 15) is 10.1 Å². The number of rotatable bonds is 6. The number of nitriles is 1. The SMILES string of the molecule is C=CC(=O)Nc1cccc(OC2=C3C(N)N(C(c4cn[nH]c4)=N2)C3c2ccccc2C#N)c1. The summed E-state index contributed by atoms with van der Waals surface area (Å²) in [4.78, 5) is 18.3. The van der Waals surface area contributed by atoms with Crippen molar-refractivity contribution in [2.24, 2.45) is 10.7 Å². The highest BCUT2D eigenvalue weighted by molar-refractivity contribution is 6.02. The summed E-state index contributed by atoms with van der Waals surface area (Å²) in [5.74, 6) is 1.10. The van der Waals surface area contributed by atoms with E-state index in [4.69, 9.17) is 15.5 Å². The predicted octanol–water partition coefficient (Wildman–Crippen LogP) is 2.80. The number of nitrogens with two attached hydrogens (primary N) is 1. The molecule has 4 heterocycles. The van der Waals surface area contributed by atoms with Crippen LogP contribution in [0, 0.1) is 11.3 Å². The second-order valence-corrected chi connectivity index (χ2v) is 7.46.